The highest BCUT2D eigenvalue weighted by Crippen LogP contribution is 2.35. The lowest BCUT2D eigenvalue weighted by molar-refractivity contribution is -0.118. The first kappa shape index (κ1) is 23.2. The van der Waals surface area contributed by atoms with Crippen molar-refractivity contribution in [3.63, 3.8) is 0 Å². The van der Waals surface area contributed by atoms with Crippen molar-refractivity contribution in [2.24, 2.45) is 5.92 Å². The Bertz CT molecular complexity index is 1180. The van der Waals surface area contributed by atoms with Gasteiger partial charge in [-0.05, 0) is 66.4 Å². The largest absolute Gasteiger partial charge is 0.493 e. The number of ketones is 1. The molecule has 3 aromatic rings. The lowest BCUT2D eigenvalue weighted by atomic mass is 9.97. The van der Waals surface area contributed by atoms with Crippen molar-refractivity contribution in [1.82, 2.24) is 0 Å². The topological polar surface area (TPSA) is 64.6 Å². The Balaban J connectivity index is 1.36. The lowest BCUT2D eigenvalue weighted by Gasteiger charge is -2.22. The minimum absolute atomic E-state index is 0.185. The summed E-state index contributed by atoms with van der Waals surface area (Å²) in [7, 11) is 3.25. The zero-order chi connectivity index (χ0) is 23.4. The average Bonchev–Trinajstić information content (AvgIpc) is 2.84. The molecule has 0 aliphatic carbocycles. The fourth-order valence-corrected chi connectivity index (χ4v) is 5.06. The molecule has 1 amide bonds. The molecule has 3 aromatic carbocycles. The Kier molecular flexibility index (Phi) is 7.26. The maximum absolute atomic E-state index is 12.8. The number of nitrogens with one attached hydrogen (secondary N) is 1. The molecule has 0 saturated heterocycles. The first-order valence-electron chi connectivity index (χ1n) is 10.6. The Hall–Kier alpha value is -2.96. The van der Waals surface area contributed by atoms with Crippen LogP contribution in [0, 0.1) is 5.92 Å². The number of amides is 1. The van der Waals surface area contributed by atoms with E-state index in [1.807, 2.05) is 48.5 Å². The zero-order valence-electron chi connectivity index (χ0n) is 18.4. The number of rotatable bonds is 7. The quantitative estimate of drug-likeness (QED) is 0.439. The van der Waals surface area contributed by atoms with Crippen LogP contribution in [0.5, 0.6) is 11.5 Å². The first-order valence-corrected chi connectivity index (χ1v) is 11.9. The second-order valence-electron chi connectivity index (χ2n) is 7.74. The lowest BCUT2D eigenvalue weighted by Crippen LogP contribution is -2.34. The number of benzene rings is 3. The number of hydrogen-bond acceptors (Lipinski definition) is 5. The van der Waals surface area contributed by atoms with Gasteiger partial charge in [0.1, 0.15) is 5.92 Å². The Morgan fingerprint density at radius 2 is 1.67 bits per heavy atom. The molecule has 0 bridgehead atoms. The molecule has 33 heavy (non-hydrogen) atoms. The summed E-state index contributed by atoms with van der Waals surface area (Å²) in [4.78, 5) is 26.5. The van der Waals surface area contributed by atoms with E-state index in [0.29, 0.717) is 33.5 Å². The highest BCUT2D eigenvalue weighted by Gasteiger charge is 2.33. The number of hydrogen-bond donors (Lipinski definition) is 1. The van der Waals surface area contributed by atoms with E-state index in [2.05, 4.69) is 5.32 Å². The van der Waals surface area contributed by atoms with E-state index in [9.17, 15) is 9.59 Å². The number of anilines is 1. The van der Waals surface area contributed by atoms with Gasteiger partial charge in [-0.3, -0.25) is 9.59 Å². The second kappa shape index (κ2) is 10.3. The van der Waals surface area contributed by atoms with Gasteiger partial charge in [-0.15, -0.1) is 11.8 Å². The van der Waals surface area contributed by atoms with Crippen molar-refractivity contribution < 1.29 is 19.1 Å². The normalized spacial score (nSPS) is 15.0. The number of halogens is 1. The Morgan fingerprint density at radius 1 is 0.970 bits per heavy atom. The van der Waals surface area contributed by atoms with E-state index in [4.69, 9.17) is 21.1 Å². The van der Waals surface area contributed by atoms with E-state index < -0.39 is 5.92 Å². The smallest absolute Gasteiger partial charge is 0.236 e. The van der Waals surface area contributed by atoms with Gasteiger partial charge in [-0.25, -0.2) is 0 Å². The number of methoxy groups -OCH3 is 2. The molecule has 0 spiro atoms. The number of carbonyl (C=O) groups is 2. The van der Waals surface area contributed by atoms with E-state index in [0.717, 1.165) is 28.9 Å². The van der Waals surface area contributed by atoms with Crippen molar-refractivity contribution in [2.75, 3.05) is 25.3 Å². The molecule has 1 atom stereocenters. The summed E-state index contributed by atoms with van der Waals surface area (Å²) in [6.07, 6.45) is 1.70. The summed E-state index contributed by atoms with van der Waals surface area (Å²) >= 11 is 7.54. The van der Waals surface area contributed by atoms with Gasteiger partial charge in [0.2, 0.25) is 5.91 Å². The van der Waals surface area contributed by atoms with Gasteiger partial charge in [-0.2, -0.15) is 0 Å². The highest BCUT2D eigenvalue weighted by atomic mass is 35.5. The van der Waals surface area contributed by atoms with Gasteiger partial charge in [-0.1, -0.05) is 29.8 Å². The van der Waals surface area contributed by atoms with Crippen molar-refractivity contribution in [3.05, 3.63) is 82.4 Å². The molecule has 0 radical (unpaired) electrons. The molecule has 0 saturated carbocycles. The predicted octanol–water partition coefficient (Wildman–Crippen LogP) is 5.69. The van der Waals surface area contributed by atoms with Crippen LogP contribution in [-0.4, -0.2) is 31.7 Å². The SMILES string of the molecule is COc1ccc(CCc2ccc(NC(=O)C3CSc4ccc(Cl)cc4C3=O)cc2)cc1OC. The number of ether oxygens (including phenoxy) is 2. The minimum atomic E-state index is -0.731. The predicted molar refractivity (Wildman–Crippen MR) is 132 cm³/mol. The molecule has 1 unspecified atom stereocenters. The van der Waals surface area contributed by atoms with Gasteiger partial charge in [0, 0.05) is 26.9 Å². The third-order valence-corrected chi connectivity index (χ3v) is 7.02. The number of fused-ring (bicyclic) bond motifs is 1. The molecule has 1 N–H and O–H groups in total. The van der Waals surface area contributed by atoms with Gasteiger partial charge in [0.05, 0.1) is 14.2 Å². The summed E-state index contributed by atoms with van der Waals surface area (Å²) in [6, 6.07) is 18.9. The van der Waals surface area contributed by atoms with Crippen LogP contribution in [0.15, 0.2) is 65.6 Å². The monoisotopic (exact) mass is 481 g/mol. The molecular formula is C26H24ClNO4S. The van der Waals surface area contributed by atoms with Gasteiger partial charge in [0.15, 0.2) is 17.3 Å². The molecule has 5 nitrogen and oxygen atoms in total. The van der Waals surface area contributed by atoms with E-state index in [1.165, 1.54) is 11.8 Å². The van der Waals surface area contributed by atoms with E-state index >= 15 is 0 Å². The molecule has 4 rings (SSSR count). The summed E-state index contributed by atoms with van der Waals surface area (Å²) in [5.74, 6) is 0.635. The molecule has 7 heteroatoms. The molecule has 1 heterocycles. The molecule has 0 aromatic heterocycles. The minimum Gasteiger partial charge on any atom is -0.493 e. The number of thioether (sulfide) groups is 1. The van der Waals surface area contributed by atoms with Crippen LogP contribution in [0.3, 0.4) is 0 Å². The van der Waals surface area contributed by atoms with Crippen LogP contribution in [0.25, 0.3) is 0 Å². The van der Waals surface area contributed by atoms with Gasteiger partial charge in [0.25, 0.3) is 0 Å². The number of carbonyl (C=O) groups excluding carboxylic acids is 2. The van der Waals surface area contributed by atoms with Crippen LogP contribution in [-0.2, 0) is 17.6 Å². The molecule has 1 aliphatic heterocycles. The highest BCUT2D eigenvalue weighted by molar-refractivity contribution is 7.99. The third-order valence-electron chi connectivity index (χ3n) is 5.62. The Labute approximate surface area is 202 Å². The molecule has 0 fully saturated rings. The van der Waals surface area contributed by atoms with Crippen molar-refractivity contribution in [1.29, 1.82) is 0 Å². The van der Waals surface area contributed by atoms with Gasteiger partial charge < -0.3 is 14.8 Å². The standard InChI is InChI=1S/C26H24ClNO4S/c1-31-22-11-7-17(13-23(22)32-2)4-3-16-5-9-19(10-6-16)28-26(30)21-15-33-24-12-8-18(27)14-20(24)25(21)29/h5-14,21H,3-4,15H2,1-2H3,(H,28,30). The summed E-state index contributed by atoms with van der Waals surface area (Å²) in [5, 5.41) is 3.37. The van der Waals surface area contributed by atoms with Crippen molar-refractivity contribution in [3.8, 4) is 11.5 Å². The van der Waals surface area contributed by atoms with Crippen molar-refractivity contribution >= 4 is 40.7 Å². The summed E-state index contributed by atoms with van der Waals surface area (Å²) in [6.45, 7) is 0. The Morgan fingerprint density at radius 3 is 2.39 bits per heavy atom. The maximum atomic E-state index is 12.8. The third kappa shape index (κ3) is 5.34. The van der Waals surface area contributed by atoms with Crippen molar-refractivity contribution in [2.45, 2.75) is 17.7 Å². The molecule has 1 aliphatic rings. The van der Waals surface area contributed by atoms with Crippen LogP contribution >= 0.6 is 23.4 Å². The van der Waals surface area contributed by atoms with Crippen LogP contribution in [0.2, 0.25) is 5.02 Å². The molecular weight excluding hydrogens is 458 g/mol. The summed E-state index contributed by atoms with van der Waals surface area (Å²) < 4.78 is 10.7. The number of Topliss-reactive ketones (excluding diaryl/α,β-unsaturated/α-hetero) is 1. The zero-order valence-corrected chi connectivity index (χ0v) is 20.0. The summed E-state index contributed by atoms with van der Waals surface area (Å²) in [5.41, 5.74) is 3.49. The first-order chi connectivity index (χ1) is 16.0. The number of aryl methyl sites for hydroxylation is 2. The van der Waals surface area contributed by atoms with E-state index in [-0.39, 0.29) is 11.7 Å². The van der Waals surface area contributed by atoms with Gasteiger partial charge >= 0.3 is 0 Å². The fraction of sp³-hybridized carbons (Fsp3) is 0.231. The average molecular weight is 482 g/mol. The van der Waals surface area contributed by atoms with Crippen LogP contribution < -0.4 is 14.8 Å². The van der Waals surface area contributed by atoms with E-state index in [1.54, 1.807) is 26.4 Å². The maximum Gasteiger partial charge on any atom is 0.236 e. The van der Waals surface area contributed by atoms with Crippen LogP contribution in [0.1, 0.15) is 21.5 Å². The van der Waals surface area contributed by atoms with Crippen LogP contribution in [0.4, 0.5) is 5.69 Å². The fourth-order valence-electron chi connectivity index (χ4n) is 3.76. The molecule has 170 valence electrons. The second-order valence-corrected chi connectivity index (χ2v) is 9.24.